The van der Waals surface area contributed by atoms with Crippen molar-refractivity contribution in [3.8, 4) is 0 Å². The van der Waals surface area contributed by atoms with Gasteiger partial charge in [0.05, 0.1) is 10.8 Å². The summed E-state index contributed by atoms with van der Waals surface area (Å²) in [6.07, 6.45) is 1.01. The first-order valence-corrected chi connectivity index (χ1v) is 11.6. The predicted molar refractivity (Wildman–Crippen MR) is 118 cm³/mol. The molecule has 11 nitrogen and oxygen atoms in total. The van der Waals surface area contributed by atoms with Gasteiger partial charge in [-0.1, -0.05) is 29.4 Å². The van der Waals surface area contributed by atoms with Gasteiger partial charge in [-0.05, 0) is 41.8 Å². The van der Waals surface area contributed by atoms with Crippen molar-refractivity contribution in [2.24, 2.45) is 15.5 Å². The number of hydrogen-bond donors (Lipinski definition) is 3. The fraction of sp³-hybridized carbons (Fsp3) is 0.143. The number of rotatable bonds is 8. The normalized spacial score (nSPS) is 13.1. The Bertz CT molecular complexity index is 1390. The quantitative estimate of drug-likeness (QED) is 0.321. The number of amides is 1. The third kappa shape index (κ3) is 5.51. The minimum absolute atomic E-state index is 0.0169. The lowest BCUT2D eigenvalue weighted by atomic mass is 10.1. The number of carbonyl (C=O) groups is 1. The van der Waals surface area contributed by atoms with E-state index in [9.17, 15) is 17.6 Å². The van der Waals surface area contributed by atoms with Crippen LogP contribution in [-0.4, -0.2) is 30.1 Å². The Labute approximate surface area is 194 Å². The Kier molecular flexibility index (Phi) is 6.77. The van der Waals surface area contributed by atoms with Crippen molar-refractivity contribution in [1.29, 1.82) is 0 Å². The summed E-state index contributed by atoms with van der Waals surface area (Å²) < 4.78 is 41.2. The first-order chi connectivity index (χ1) is 16.3. The van der Waals surface area contributed by atoms with E-state index in [1.54, 1.807) is 43.3 Å². The fourth-order valence-corrected chi connectivity index (χ4v) is 4.02. The zero-order valence-corrected chi connectivity index (χ0v) is 18.8. The van der Waals surface area contributed by atoms with Gasteiger partial charge in [0.1, 0.15) is 17.8 Å². The molecule has 0 aliphatic carbocycles. The number of nitrogens with one attached hydrogen (secondary N) is 2. The molecule has 0 saturated heterocycles. The van der Waals surface area contributed by atoms with E-state index in [1.165, 1.54) is 11.5 Å². The van der Waals surface area contributed by atoms with Crippen molar-refractivity contribution < 1.29 is 23.0 Å². The maximum Gasteiger partial charge on any atom is 0.280 e. The van der Waals surface area contributed by atoms with Gasteiger partial charge in [-0.15, -0.1) is 5.43 Å². The lowest BCUT2D eigenvalue weighted by Crippen LogP contribution is -2.80. The van der Waals surface area contributed by atoms with Gasteiger partial charge >= 0.3 is 0 Å². The SMILES string of the molecule is Cc1cc(CNC(=O)c2cc(S(=O)(=O)NCc3ccc(C4=NN=N[NH2+]4)cc3)ncn2)ccc1F. The molecular formula is C21H20FN8O3S+. The van der Waals surface area contributed by atoms with Crippen LogP contribution in [0.2, 0.25) is 0 Å². The standard InChI is InChI=1S/C21H19FN8O3S/c1-13-8-15(4-7-17(13)22)10-23-21(31)18-9-19(25-12-24-18)34(32,33)26-11-14-2-5-16(6-3-14)20-27-29-30-28-20/h2-9,12,26H,10-11H2,1H3,(H,23,31)(H,27,28,29,30)/p+1. The number of hydrogen-bond acceptors (Lipinski definition) is 8. The van der Waals surface area contributed by atoms with Crippen LogP contribution >= 0.6 is 0 Å². The Morgan fingerprint density at radius 2 is 1.79 bits per heavy atom. The van der Waals surface area contributed by atoms with Crippen LogP contribution in [0.15, 0.2) is 75.4 Å². The number of aryl methyl sites for hydroxylation is 1. The molecule has 0 bridgehead atoms. The molecular weight excluding hydrogens is 463 g/mol. The molecule has 1 amide bonds. The maximum absolute atomic E-state index is 13.4. The van der Waals surface area contributed by atoms with Crippen molar-refractivity contribution in [2.45, 2.75) is 25.0 Å². The highest BCUT2D eigenvalue weighted by atomic mass is 32.2. The monoisotopic (exact) mass is 483 g/mol. The largest absolute Gasteiger partial charge is 0.347 e. The Morgan fingerprint density at radius 3 is 2.50 bits per heavy atom. The number of nitrogens with zero attached hydrogens (tertiary/aromatic N) is 5. The first kappa shape index (κ1) is 23.2. The number of benzene rings is 2. The summed E-state index contributed by atoms with van der Waals surface area (Å²) in [5, 5.41) is 13.4. The van der Waals surface area contributed by atoms with Gasteiger partial charge < -0.3 is 5.32 Å². The molecule has 4 rings (SSSR count). The summed E-state index contributed by atoms with van der Waals surface area (Å²) in [7, 11) is -4.00. The molecule has 0 spiro atoms. The van der Waals surface area contributed by atoms with E-state index in [0.717, 1.165) is 18.0 Å². The van der Waals surface area contributed by atoms with Gasteiger partial charge in [-0.3, -0.25) is 4.79 Å². The second-order valence-corrected chi connectivity index (χ2v) is 9.06. The predicted octanol–water partition coefficient (Wildman–Crippen LogP) is 0.938. The highest BCUT2D eigenvalue weighted by Gasteiger charge is 2.19. The van der Waals surface area contributed by atoms with E-state index in [2.05, 4.69) is 35.6 Å². The number of amidine groups is 1. The molecule has 174 valence electrons. The molecule has 4 N–H and O–H groups in total. The van der Waals surface area contributed by atoms with Crippen LogP contribution in [0.3, 0.4) is 0 Å². The number of sulfonamides is 1. The van der Waals surface area contributed by atoms with Crippen molar-refractivity contribution in [3.63, 3.8) is 0 Å². The number of aromatic nitrogens is 2. The summed E-state index contributed by atoms with van der Waals surface area (Å²) in [5.74, 6) is -0.298. The second-order valence-electron chi connectivity index (χ2n) is 7.35. The Balaban J connectivity index is 1.38. The zero-order valence-electron chi connectivity index (χ0n) is 17.9. The average Bonchev–Trinajstić information content (AvgIpc) is 3.39. The van der Waals surface area contributed by atoms with Gasteiger partial charge in [0.25, 0.3) is 21.8 Å². The van der Waals surface area contributed by atoms with Crippen LogP contribution in [0.5, 0.6) is 0 Å². The van der Waals surface area contributed by atoms with Gasteiger partial charge in [0.15, 0.2) is 5.03 Å². The van der Waals surface area contributed by atoms with E-state index < -0.39 is 15.9 Å². The molecule has 0 radical (unpaired) electrons. The minimum Gasteiger partial charge on any atom is -0.347 e. The molecule has 1 aromatic heterocycles. The van der Waals surface area contributed by atoms with Gasteiger partial charge in [-0.25, -0.2) is 27.5 Å². The highest BCUT2D eigenvalue weighted by Crippen LogP contribution is 2.11. The topological polar surface area (TPSA) is 155 Å². The van der Waals surface area contributed by atoms with Crippen LogP contribution in [0.4, 0.5) is 4.39 Å². The minimum atomic E-state index is -4.00. The molecule has 13 heteroatoms. The summed E-state index contributed by atoms with van der Waals surface area (Å²) in [6, 6.07) is 12.7. The summed E-state index contributed by atoms with van der Waals surface area (Å²) in [6.45, 7) is 1.77. The van der Waals surface area contributed by atoms with E-state index >= 15 is 0 Å². The Hall–Kier alpha value is -3.94. The molecule has 1 aliphatic rings. The molecule has 0 saturated carbocycles. The fourth-order valence-electron chi connectivity index (χ4n) is 3.06. The van der Waals surface area contributed by atoms with Crippen molar-refractivity contribution in [2.75, 3.05) is 0 Å². The number of quaternary nitrogens is 1. The summed E-state index contributed by atoms with van der Waals surface area (Å²) >= 11 is 0. The smallest absolute Gasteiger partial charge is 0.280 e. The van der Waals surface area contributed by atoms with Gasteiger partial charge in [0, 0.05) is 24.4 Å². The van der Waals surface area contributed by atoms with E-state index in [1.807, 2.05) is 0 Å². The van der Waals surface area contributed by atoms with Gasteiger partial charge in [-0.2, -0.15) is 0 Å². The molecule has 0 unspecified atom stereocenters. The van der Waals surface area contributed by atoms with Crippen LogP contribution in [-0.2, 0) is 23.1 Å². The Morgan fingerprint density at radius 1 is 1.03 bits per heavy atom. The van der Waals surface area contributed by atoms with Crippen LogP contribution in [0.25, 0.3) is 0 Å². The first-order valence-electron chi connectivity index (χ1n) is 10.1. The number of nitrogens with two attached hydrogens (primary N) is 1. The van der Waals surface area contributed by atoms with Crippen LogP contribution in [0, 0.1) is 12.7 Å². The molecule has 0 fully saturated rings. The molecule has 3 aromatic rings. The number of halogens is 1. The van der Waals surface area contributed by atoms with Crippen molar-refractivity contribution >= 4 is 21.8 Å². The molecule has 0 atom stereocenters. The lowest BCUT2D eigenvalue weighted by molar-refractivity contribution is -0.546. The number of carbonyl (C=O) groups excluding carboxylic acids is 1. The molecule has 2 heterocycles. The van der Waals surface area contributed by atoms with Crippen LogP contribution in [0.1, 0.15) is 32.7 Å². The summed E-state index contributed by atoms with van der Waals surface area (Å²) in [5.41, 5.74) is 4.09. The average molecular weight is 484 g/mol. The molecule has 1 aliphatic heterocycles. The molecule has 34 heavy (non-hydrogen) atoms. The summed E-state index contributed by atoms with van der Waals surface area (Å²) in [4.78, 5) is 20.1. The third-order valence-corrected chi connectivity index (χ3v) is 6.22. The van der Waals surface area contributed by atoms with E-state index in [-0.39, 0.29) is 29.6 Å². The highest BCUT2D eigenvalue weighted by molar-refractivity contribution is 7.89. The third-order valence-electron chi connectivity index (χ3n) is 4.93. The lowest BCUT2D eigenvalue weighted by Gasteiger charge is -2.09. The van der Waals surface area contributed by atoms with Crippen molar-refractivity contribution in [1.82, 2.24) is 20.0 Å². The van der Waals surface area contributed by atoms with E-state index in [0.29, 0.717) is 22.5 Å². The van der Waals surface area contributed by atoms with Gasteiger partial charge in [0.2, 0.25) is 0 Å². The molecule has 2 aromatic carbocycles. The maximum atomic E-state index is 13.4. The van der Waals surface area contributed by atoms with Crippen LogP contribution < -0.4 is 15.5 Å². The second kappa shape index (κ2) is 9.91. The zero-order chi connectivity index (χ0) is 24.1. The van der Waals surface area contributed by atoms with E-state index in [4.69, 9.17) is 0 Å². The van der Waals surface area contributed by atoms with Crippen molar-refractivity contribution in [3.05, 3.63) is 88.6 Å².